The SMILES string of the molecule is C1=CC2=C(CC1)CCC2. The van der Waals surface area contributed by atoms with Crippen molar-refractivity contribution in [2.45, 2.75) is 32.1 Å². The van der Waals surface area contributed by atoms with Crippen molar-refractivity contribution in [3.63, 3.8) is 0 Å². The molecule has 0 nitrogen and oxygen atoms in total. The van der Waals surface area contributed by atoms with E-state index in [0.29, 0.717) is 0 Å². The highest BCUT2D eigenvalue weighted by molar-refractivity contribution is 5.32. The van der Waals surface area contributed by atoms with E-state index < -0.39 is 0 Å². The molecule has 2 aliphatic carbocycles. The van der Waals surface area contributed by atoms with Crippen molar-refractivity contribution in [2.24, 2.45) is 0 Å². The molecular formula is C9H12. The van der Waals surface area contributed by atoms with E-state index in [4.69, 9.17) is 0 Å². The summed E-state index contributed by atoms with van der Waals surface area (Å²) in [4.78, 5) is 0. The summed E-state index contributed by atoms with van der Waals surface area (Å²) in [6.45, 7) is 0. The second-order valence-electron chi connectivity index (χ2n) is 2.92. The zero-order valence-electron chi connectivity index (χ0n) is 5.69. The van der Waals surface area contributed by atoms with Gasteiger partial charge < -0.3 is 0 Å². The van der Waals surface area contributed by atoms with Gasteiger partial charge in [-0.1, -0.05) is 17.7 Å². The second-order valence-corrected chi connectivity index (χ2v) is 2.92. The van der Waals surface area contributed by atoms with Crippen LogP contribution in [0.5, 0.6) is 0 Å². The van der Waals surface area contributed by atoms with Gasteiger partial charge in [-0.3, -0.25) is 0 Å². The van der Waals surface area contributed by atoms with Crippen molar-refractivity contribution in [1.29, 1.82) is 0 Å². The molecule has 0 saturated heterocycles. The zero-order valence-corrected chi connectivity index (χ0v) is 5.69. The van der Waals surface area contributed by atoms with Crippen LogP contribution in [0.25, 0.3) is 0 Å². The molecule has 0 aromatic heterocycles. The lowest BCUT2D eigenvalue weighted by Crippen LogP contribution is -1.85. The molecule has 0 aromatic carbocycles. The molecule has 0 N–H and O–H groups in total. The third kappa shape index (κ3) is 0.827. The van der Waals surface area contributed by atoms with E-state index in [0.717, 1.165) is 0 Å². The van der Waals surface area contributed by atoms with Crippen LogP contribution >= 0.6 is 0 Å². The average molecular weight is 120 g/mol. The molecule has 0 amide bonds. The fourth-order valence-electron chi connectivity index (χ4n) is 1.80. The summed E-state index contributed by atoms with van der Waals surface area (Å²) < 4.78 is 0. The van der Waals surface area contributed by atoms with Crippen molar-refractivity contribution in [2.75, 3.05) is 0 Å². The number of allylic oxidation sites excluding steroid dienone is 4. The van der Waals surface area contributed by atoms with E-state index in [2.05, 4.69) is 12.2 Å². The van der Waals surface area contributed by atoms with Gasteiger partial charge in [0.05, 0.1) is 0 Å². The molecule has 0 aromatic rings. The van der Waals surface area contributed by atoms with E-state index in [1.54, 1.807) is 11.1 Å². The zero-order chi connectivity index (χ0) is 6.10. The molecular weight excluding hydrogens is 108 g/mol. The van der Waals surface area contributed by atoms with Gasteiger partial charge in [-0.05, 0) is 37.7 Å². The number of rotatable bonds is 0. The van der Waals surface area contributed by atoms with Crippen molar-refractivity contribution >= 4 is 0 Å². The summed E-state index contributed by atoms with van der Waals surface area (Å²) in [5, 5.41) is 0. The quantitative estimate of drug-likeness (QED) is 0.461. The molecule has 0 atom stereocenters. The fraction of sp³-hybridized carbons (Fsp3) is 0.556. The molecule has 0 unspecified atom stereocenters. The van der Waals surface area contributed by atoms with Gasteiger partial charge in [0.25, 0.3) is 0 Å². The van der Waals surface area contributed by atoms with Crippen LogP contribution in [-0.2, 0) is 0 Å². The van der Waals surface area contributed by atoms with E-state index in [-0.39, 0.29) is 0 Å². The first-order valence-corrected chi connectivity index (χ1v) is 3.84. The van der Waals surface area contributed by atoms with Gasteiger partial charge in [-0.15, -0.1) is 0 Å². The first-order chi connectivity index (χ1) is 4.47. The molecule has 0 heterocycles. The van der Waals surface area contributed by atoms with Gasteiger partial charge in [-0.25, -0.2) is 0 Å². The van der Waals surface area contributed by atoms with Crippen LogP contribution in [-0.4, -0.2) is 0 Å². The van der Waals surface area contributed by atoms with Crippen LogP contribution in [0.1, 0.15) is 32.1 Å². The summed E-state index contributed by atoms with van der Waals surface area (Å²) in [5.74, 6) is 0. The Morgan fingerprint density at radius 2 is 2.11 bits per heavy atom. The van der Waals surface area contributed by atoms with Crippen LogP contribution < -0.4 is 0 Å². The van der Waals surface area contributed by atoms with Crippen LogP contribution in [0.4, 0.5) is 0 Å². The normalized spacial score (nSPS) is 24.9. The fourth-order valence-corrected chi connectivity index (χ4v) is 1.80. The number of hydrogen-bond donors (Lipinski definition) is 0. The summed E-state index contributed by atoms with van der Waals surface area (Å²) in [6.07, 6.45) is 11.4. The minimum Gasteiger partial charge on any atom is -0.0839 e. The van der Waals surface area contributed by atoms with Crippen LogP contribution in [0.2, 0.25) is 0 Å². The first kappa shape index (κ1) is 5.28. The van der Waals surface area contributed by atoms with Gasteiger partial charge in [0.1, 0.15) is 0 Å². The highest BCUT2D eigenvalue weighted by Crippen LogP contribution is 2.32. The average Bonchev–Trinajstić information content (AvgIpc) is 2.33. The minimum atomic E-state index is 1.29. The third-order valence-corrected chi connectivity index (χ3v) is 2.31. The van der Waals surface area contributed by atoms with Gasteiger partial charge in [0.15, 0.2) is 0 Å². The molecule has 48 valence electrons. The lowest BCUT2D eigenvalue weighted by atomic mass is 10.0. The maximum Gasteiger partial charge on any atom is -0.0276 e. The van der Waals surface area contributed by atoms with Crippen molar-refractivity contribution in [3.8, 4) is 0 Å². The standard InChI is InChI=1S/C9H12/c1-2-5-9-7-3-6-8(9)4-1/h1,4H,2-3,5-7H2. The van der Waals surface area contributed by atoms with Crippen LogP contribution in [0.15, 0.2) is 23.3 Å². The summed E-state index contributed by atoms with van der Waals surface area (Å²) in [6, 6.07) is 0. The molecule has 0 spiro atoms. The van der Waals surface area contributed by atoms with E-state index in [9.17, 15) is 0 Å². The topological polar surface area (TPSA) is 0 Å². The predicted octanol–water partition coefficient (Wildman–Crippen LogP) is 2.82. The third-order valence-electron chi connectivity index (χ3n) is 2.31. The Kier molecular flexibility index (Phi) is 1.18. The lowest BCUT2D eigenvalue weighted by Gasteiger charge is -2.05. The Hall–Kier alpha value is -0.520. The molecule has 0 radical (unpaired) electrons. The predicted molar refractivity (Wildman–Crippen MR) is 39.3 cm³/mol. The van der Waals surface area contributed by atoms with Crippen molar-refractivity contribution in [1.82, 2.24) is 0 Å². The van der Waals surface area contributed by atoms with E-state index in [1.165, 1.54) is 32.1 Å². The van der Waals surface area contributed by atoms with Crippen LogP contribution in [0.3, 0.4) is 0 Å². The van der Waals surface area contributed by atoms with Gasteiger partial charge in [-0.2, -0.15) is 0 Å². The summed E-state index contributed by atoms with van der Waals surface area (Å²) >= 11 is 0. The minimum absolute atomic E-state index is 1.29. The monoisotopic (exact) mass is 120 g/mol. The molecule has 2 rings (SSSR count). The first-order valence-electron chi connectivity index (χ1n) is 3.84. The van der Waals surface area contributed by atoms with Gasteiger partial charge in [0.2, 0.25) is 0 Å². The highest BCUT2D eigenvalue weighted by atomic mass is 14.2. The molecule has 0 heteroatoms. The van der Waals surface area contributed by atoms with Gasteiger partial charge >= 0.3 is 0 Å². The lowest BCUT2D eigenvalue weighted by molar-refractivity contribution is 0.858. The second kappa shape index (κ2) is 2.02. The molecule has 0 fully saturated rings. The largest absolute Gasteiger partial charge is 0.0839 e. The highest BCUT2D eigenvalue weighted by Gasteiger charge is 2.13. The van der Waals surface area contributed by atoms with E-state index >= 15 is 0 Å². The Morgan fingerprint density at radius 3 is 3.00 bits per heavy atom. The number of hydrogen-bond acceptors (Lipinski definition) is 0. The van der Waals surface area contributed by atoms with Crippen molar-refractivity contribution < 1.29 is 0 Å². The Morgan fingerprint density at radius 1 is 1.11 bits per heavy atom. The molecule has 0 saturated carbocycles. The summed E-state index contributed by atoms with van der Waals surface area (Å²) in [7, 11) is 0. The van der Waals surface area contributed by atoms with Gasteiger partial charge in [0, 0.05) is 0 Å². The maximum absolute atomic E-state index is 2.33. The van der Waals surface area contributed by atoms with E-state index in [1.807, 2.05) is 0 Å². The summed E-state index contributed by atoms with van der Waals surface area (Å²) in [5.41, 5.74) is 3.40. The maximum atomic E-state index is 2.33. The Balaban J connectivity index is 2.28. The molecule has 0 bridgehead atoms. The van der Waals surface area contributed by atoms with Crippen LogP contribution in [0, 0.1) is 0 Å². The van der Waals surface area contributed by atoms with Crippen molar-refractivity contribution in [3.05, 3.63) is 23.3 Å². The molecule has 0 aliphatic heterocycles. The molecule has 2 aliphatic rings. The Bertz CT molecular complexity index is 172. The molecule has 9 heavy (non-hydrogen) atoms. The Labute approximate surface area is 56.3 Å². The smallest absolute Gasteiger partial charge is 0.0276 e.